The number of alkyl halides is 2. The topological polar surface area (TPSA) is 82.2 Å². The summed E-state index contributed by atoms with van der Waals surface area (Å²) in [5.41, 5.74) is 1.51. The fraction of sp³-hybridized carbons (Fsp3) is 0.500. The number of likely N-dealkylation sites (tertiary alicyclic amines) is 1. The number of fused-ring (bicyclic) bond motifs is 1. The molecule has 1 fully saturated rings. The summed E-state index contributed by atoms with van der Waals surface area (Å²) < 4.78 is 42.0. The number of nitrogens with one attached hydrogen (secondary N) is 3. The monoisotopic (exact) mass is 482 g/mol. The minimum atomic E-state index is -3.03. The van der Waals surface area contributed by atoms with Crippen LogP contribution in [0.4, 0.5) is 19.0 Å². The number of hydrogen-bond donors (Lipinski definition) is 3. The zero-order valence-corrected chi connectivity index (χ0v) is 18.9. The van der Waals surface area contributed by atoms with E-state index in [0.29, 0.717) is 29.4 Å². The van der Waals surface area contributed by atoms with Crippen molar-refractivity contribution in [3.05, 3.63) is 46.9 Å². The molecule has 1 amide bonds. The first-order chi connectivity index (χ1) is 15.8. The third kappa shape index (κ3) is 5.26. The Hall–Kier alpha value is -2.75. The van der Waals surface area contributed by atoms with Crippen molar-refractivity contribution < 1.29 is 18.0 Å². The lowest BCUT2D eigenvalue weighted by Crippen LogP contribution is -2.48. The van der Waals surface area contributed by atoms with Crippen molar-refractivity contribution in [2.45, 2.75) is 57.2 Å². The summed E-state index contributed by atoms with van der Waals surface area (Å²) in [5, 5.41) is 9.72. The molecule has 0 spiro atoms. The van der Waals surface area contributed by atoms with Gasteiger partial charge in [0.05, 0.1) is 17.6 Å². The van der Waals surface area contributed by atoms with E-state index in [1.807, 2.05) is 0 Å². The highest BCUT2D eigenvalue weighted by molar-refractivity contribution is 6.31. The molecule has 33 heavy (non-hydrogen) atoms. The minimum absolute atomic E-state index is 0.00721. The normalized spacial score (nSPS) is 22.5. The number of carbonyl (C=O) groups is 1. The van der Waals surface area contributed by atoms with Crippen LogP contribution in [0.25, 0.3) is 5.57 Å². The Morgan fingerprint density at radius 1 is 1.33 bits per heavy atom. The Labute approximate surface area is 195 Å². The van der Waals surface area contributed by atoms with Crippen molar-refractivity contribution in [1.29, 1.82) is 0 Å². The Morgan fingerprint density at radius 2 is 2.12 bits per heavy atom. The van der Waals surface area contributed by atoms with Crippen LogP contribution in [0.2, 0.25) is 0 Å². The first kappa shape index (κ1) is 23.4. The number of hydrogen-bond acceptors (Lipinski definition) is 6. The second kappa shape index (κ2) is 9.62. The molecule has 2 atom stereocenters. The van der Waals surface area contributed by atoms with Gasteiger partial charge >= 0.3 is 0 Å². The number of nitrogens with zero attached hydrogens (tertiary/aromatic N) is 3. The van der Waals surface area contributed by atoms with Crippen molar-refractivity contribution in [2.24, 2.45) is 0 Å². The quantitative estimate of drug-likeness (QED) is 0.549. The van der Waals surface area contributed by atoms with Gasteiger partial charge in [0, 0.05) is 49.1 Å². The summed E-state index contributed by atoms with van der Waals surface area (Å²) in [6, 6.07) is -0.317. The van der Waals surface area contributed by atoms with E-state index in [9.17, 15) is 18.0 Å². The van der Waals surface area contributed by atoms with E-state index in [-0.39, 0.29) is 31.0 Å². The highest BCUT2D eigenvalue weighted by Gasteiger charge is 2.35. The van der Waals surface area contributed by atoms with Crippen LogP contribution in [-0.2, 0) is 4.79 Å². The standard InChI is InChI=1S/C22H26ClF3N6O/c1-2-22(25,26)8-18(33)32-6-4-3-5-14(32)10-28-21-17(24)12-30-20(31-21)16-11-29-19-15(16)7-13(23)9-27-19/h7,9,11-12,14,19,27,29H,2-6,8,10H2,1H3,(H,28,30,31)/t14-,19?/m1/s1. The average Bonchev–Trinajstić information content (AvgIpc) is 3.21. The number of piperidine rings is 1. The van der Waals surface area contributed by atoms with Crippen LogP contribution in [-0.4, -0.2) is 52.0 Å². The molecule has 1 aromatic rings. The van der Waals surface area contributed by atoms with Gasteiger partial charge < -0.3 is 20.9 Å². The molecule has 0 radical (unpaired) electrons. The molecule has 3 aliphatic heterocycles. The molecule has 0 bridgehead atoms. The van der Waals surface area contributed by atoms with Crippen LogP contribution in [0.1, 0.15) is 44.9 Å². The van der Waals surface area contributed by atoms with Crippen LogP contribution in [0, 0.1) is 5.82 Å². The number of rotatable bonds is 7. The minimum Gasteiger partial charge on any atom is -0.367 e. The largest absolute Gasteiger partial charge is 0.367 e. The van der Waals surface area contributed by atoms with Gasteiger partial charge in [-0.1, -0.05) is 18.5 Å². The zero-order valence-electron chi connectivity index (χ0n) is 18.2. The average molecular weight is 483 g/mol. The number of aromatic nitrogens is 2. The lowest BCUT2D eigenvalue weighted by atomic mass is 10.0. The van der Waals surface area contributed by atoms with Crippen molar-refractivity contribution >= 4 is 28.9 Å². The van der Waals surface area contributed by atoms with Crippen molar-refractivity contribution in [3.8, 4) is 0 Å². The third-order valence-corrected chi connectivity index (χ3v) is 6.28. The Morgan fingerprint density at radius 3 is 2.91 bits per heavy atom. The number of anilines is 1. The molecule has 7 nitrogen and oxygen atoms in total. The molecule has 3 aliphatic rings. The van der Waals surface area contributed by atoms with Crippen LogP contribution < -0.4 is 16.0 Å². The summed E-state index contributed by atoms with van der Waals surface area (Å²) >= 11 is 6.09. The third-order valence-electron chi connectivity index (χ3n) is 6.06. The van der Waals surface area contributed by atoms with Crippen molar-refractivity contribution in [1.82, 2.24) is 25.5 Å². The number of amides is 1. The van der Waals surface area contributed by atoms with Gasteiger partial charge in [-0.3, -0.25) is 4.79 Å². The maximum absolute atomic E-state index is 14.5. The Kier molecular flexibility index (Phi) is 6.83. The van der Waals surface area contributed by atoms with Crippen molar-refractivity contribution in [3.63, 3.8) is 0 Å². The molecular formula is C22H26ClF3N6O. The van der Waals surface area contributed by atoms with E-state index in [0.717, 1.165) is 24.6 Å². The fourth-order valence-electron chi connectivity index (χ4n) is 4.17. The summed E-state index contributed by atoms with van der Waals surface area (Å²) in [7, 11) is 0. The Bertz CT molecular complexity index is 1010. The molecule has 1 aromatic heterocycles. The first-order valence-electron chi connectivity index (χ1n) is 11.0. The van der Waals surface area contributed by atoms with E-state index in [1.165, 1.54) is 11.8 Å². The number of carbonyl (C=O) groups excluding carboxylic acids is 1. The number of allylic oxidation sites excluding steroid dienone is 2. The molecule has 178 valence electrons. The summed E-state index contributed by atoms with van der Waals surface area (Å²) in [6.45, 7) is 1.98. The molecule has 0 aromatic carbocycles. The van der Waals surface area contributed by atoms with Gasteiger partial charge in [-0.05, 0) is 25.3 Å². The van der Waals surface area contributed by atoms with Gasteiger partial charge in [-0.2, -0.15) is 0 Å². The van der Waals surface area contributed by atoms with Crippen LogP contribution in [0.15, 0.2) is 35.3 Å². The van der Waals surface area contributed by atoms with Gasteiger partial charge in [0.2, 0.25) is 5.91 Å². The van der Waals surface area contributed by atoms with Gasteiger partial charge in [-0.15, -0.1) is 0 Å². The molecule has 1 unspecified atom stereocenters. The van der Waals surface area contributed by atoms with Crippen molar-refractivity contribution in [2.75, 3.05) is 18.4 Å². The van der Waals surface area contributed by atoms with Crippen LogP contribution >= 0.6 is 11.6 Å². The predicted octanol–water partition coefficient (Wildman–Crippen LogP) is 3.72. The van der Waals surface area contributed by atoms with Crippen LogP contribution in [0.5, 0.6) is 0 Å². The predicted molar refractivity (Wildman–Crippen MR) is 120 cm³/mol. The second-order valence-electron chi connectivity index (χ2n) is 8.35. The molecule has 0 aliphatic carbocycles. The summed E-state index contributed by atoms with van der Waals surface area (Å²) in [6.07, 6.45) is 7.18. The van der Waals surface area contributed by atoms with Crippen LogP contribution in [0.3, 0.4) is 0 Å². The van der Waals surface area contributed by atoms with E-state index >= 15 is 0 Å². The van der Waals surface area contributed by atoms with E-state index in [1.54, 1.807) is 18.5 Å². The molecule has 4 heterocycles. The van der Waals surface area contributed by atoms with Gasteiger partial charge in [0.25, 0.3) is 5.92 Å². The highest BCUT2D eigenvalue weighted by atomic mass is 35.5. The maximum Gasteiger partial charge on any atom is 0.256 e. The van der Waals surface area contributed by atoms with E-state index in [4.69, 9.17) is 11.6 Å². The Balaban J connectivity index is 1.47. The van der Waals surface area contributed by atoms with Gasteiger partial charge in [0.15, 0.2) is 17.5 Å². The summed E-state index contributed by atoms with van der Waals surface area (Å²) in [5.74, 6) is -3.93. The lowest BCUT2D eigenvalue weighted by molar-refractivity contribution is -0.142. The lowest BCUT2D eigenvalue weighted by Gasteiger charge is -2.36. The van der Waals surface area contributed by atoms with E-state index in [2.05, 4.69) is 25.9 Å². The summed E-state index contributed by atoms with van der Waals surface area (Å²) in [4.78, 5) is 22.5. The molecule has 4 rings (SSSR count). The van der Waals surface area contributed by atoms with Gasteiger partial charge in [0.1, 0.15) is 6.17 Å². The zero-order chi connectivity index (χ0) is 23.6. The first-order valence-corrected chi connectivity index (χ1v) is 11.4. The molecule has 3 N–H and O–H groups in total. The van der Waals surface area contributed by atoms with Gasteiger partial charge in [-0.25, -0.2) is 23.1 Å². The molecular weight excluding hydrogens is 457 g/mol. The number of dihydropyridines is 1. The maximum atomic E-state index is 14.5. The second-order valence-corrected chi connectivity index (χ2v) is 8.78. The molecule has 11 heteroatoms. The highest BCUT2D eigenvalue weighted by Crippen LogP contribution is 2.31. The molecule has 0 saturated carbocycles. The number of halogens is 4. The van der Waals surface area contributed by atoms with E-state index < -0.39 is 24.1 Å². The smallest absolute Gasteiger partial charge is 0.256 e. The molecule has 1 saturated heterocycles. The SMILES string of the molecule is CCC(F)(F)CC(=O)N1CCCC[C@@H]1CNc1nc(C2=CNC3NC=C(Cl)C=C23)ncc1F. The fourth-order valence-corrected chi connectivity index (χ4v) is 4.35.